The number of hydrogen-bond donors (Lipinski definition) is 1. The molecule has 3 heteroatoms. The molecule has 0 bridgehead atoms. The lowest BCUT2D eigenvalue weighted by atomic mass is 10.1. The summed E-state index contributed by atoms with van der Waals surface area (Å²) in [5.41, 5.74) is 1.15. The molecule has 2 aromatic carbocycles. The Kier molecular flexibility index (Phi) is 2.73. The molecule has 0 amide bonds. The van der Waals surface area contributed by atoms with Gasteiger partial charge in [-0.1, -0.05) is 36.4 Å². The second-order valence-electron chi connectivity index (χ2n) is 4.15. The summed E-state index contributed by atoms with van der Waals surface area (Å²) in [7, 11) is 0. The van der Waals surface area contributed by atoms with Gasteiger partial charge in [-0.15, -0.1) is 0 Å². The third kappa shape index (κ3) is 1.74. The van der Waals surface area contributed by atoms with E-state index < -0.39 is 0 Å². The van der Waals surface area contributed by atoms with Gasteiger partial charge in [0.1, 0.15) is 0 Å². The van der Waals surface area contributed by atoms with Crippen LogP contribution in [0.3, 0.4) is 0 Å². The van der Waals surface area contributed by atoms with Gasteiger partial charge >= 0.3 is 0 Å². The van der Waals surface area contributed by atoms with Gasteiger partial charge in [0.15, 0.2) is 0 Å². The van der Waals surface area contributed by atoms with E-state index in [1.165, 1.54) is 10.8 Å². The molecule has 90 valence electrons. The van der Waals surface area contributed by atoms with Crippen LogP contribution >= 0.6 is 0 Å². The molecule has 0 unspecified atom stereocenters. The molecule has 1 aromatic heterocycles. The molecule has 3 nitrogen and oxygen atoms in total. The standard InChI is InChI=1S/C15H15N3/c1-2-16-15-17-10-11-18(15)14-9-5-7-12-6-3-4-8-13(12)14/h3-11H,2H2,1H3,(H,16,17). The van der Waals surface area contributed by atoms with Crippen molar-refractivity contribution in [2.24, 2.45) is 0 Å². The Morgan fingerprint density at radius 3 is 2.83 bits per heavy atom. The van der Waals surface area contributed by atoms with Crippen LogP contribution in [0.15, 0.2) is 54.9 Å². The fraction of sp³-hybridized carbons (Fsp3) is 0.133. The Balaban J connectivity index is 2.22. The van der Waals surface area contributed by atoms with Gasteiger partial charge in [-0.2, -0.15) is 0 Å². The molecule has 3 aromatic rings. The highest BCUT2D eigenvalue weighted by molar-refractivity contribution is 5.90. The van der Waals surface area contributed by atoms with E-state index in [-0.39, 0.29) is 0 Å². The van der Waals surface area contributed by atoms with Gasteiger partial charge in [0.25, 0.3) is 0 Å². The molecule has 1 heterocycles. The maximum absolute atomic E-state index is 4.34. The van der Waals surface area contributed by atoms with Crippen molar-refractivity contribution in [1.82, 2.24) is 9.55 Å². The van der Waals surface area contributed by atoms with Crippen molar-refractivity contribution < 1.29 is 0 Å². The van der Waals surface area contributed by atoms with Crippen LogP contribution in [0, 0.1) is 0 Å². The summed E-state index contributed by atoms with van der Waals surface area (Å²) < 4.78 is 2.09. The first-order valence-electron chi connectivity index (χ1n) is 6.15. The van der Waals surface area contributed by atoms with E-state index in [1.54, 1.807) is 0 Å². The average molecular weight is 237 g/mol. The lowest BCUT2D eigenvalue weighted by molar-refractivity contribution is 1.03. The van der Waals surface area contributed by atoms with Crippen LogP contribution in [0.2, 0.25) is 0 Å². The summed E-state index contributed by atoms with van der Waals surface area (Å²) in [5, 5.41) is 5.75. The molecule has 0 saturated carbocycles. The van der Waals surface area contributed by atoms with Crippen LogP contribution in [0.1, 0.15) is 6.92 Å². The zero-order valence-electron chi connectivity index (χ0n) is 10.3. The number of imidazole rings is 1. The molecule has 0 saturated heterocycles. The minimum Gasteiger partial charge on any atom is -0.356 e. The normalized spacial score (nSPS) is 10.7. The first kappa shape index (κ1) is 10.8. The number of nitrogens with zero attached hydrogens (tertiary/aromatic N) is 2. The highest BCUT2D eigenvalue weighted by Gasteiger charge is 2.06. The Morgan fingerprint density at radius 1 is 1.11 bits per heavy atom. The Hall–Kier alpha value is -2.29. The fourth-order valence-corrected chi connectivity index (χ4v) is 2.21. The van der Waals surface area contributed by atoms with Crippen molar-refractivity contribution in [3.8, 4) is 5.69 Å². The van der Waals surface area contributed by atoms with Gasteiger partial charge < -0.3 is 5.32 Å². The van der Waals surface area contributed by atoms with Gasteiger partial charge in [0, 0.05) is 24.3 Å². The highest BCUT2D eigenvalue weighted by atomic mass is 15.2. The number of benzene rings is 2. The molecule has 0 aliphatic rings. The zero-order chi connectivity index (χ0) is 12.4. The van der Waals surface area contributed by atoms with E-state index in [9.17, 15) is 0 Å². The van der Waals surface area contributed by atoms with E-state index in [1.807, 2.05) is 12.4 Å². The fourth-order valence-electron chi connectivity index (χ4n) is 2.21. The molecule has 0 radical (unpaired) electrons. The van der Waals surface area contributed by atoms with E-state index in [2.05, 4.69) is 64.3 Å². The van der Waals surface area contributed by atoms with Crippen molar-refractivity contribution in [1.29, 1.82) is 0 Å². The summed E-state index contributed by atoms with van der Waals surface area (Å²) in [6, 6.07) is 14.7. The lowest BCUT2D eigenvalue weighted by Gasteiger charge is -2.11. The van der Waals surface area contributed by atoms with Crippen molar-refractivity contribution in [2.45, 2.75) is 6.92 Å². The van der Waals surface area contributed by atoms with Crippen molar-refractivity contribution in [3.05, 3.63) is 54.9 Å². The van der Waals surface area contributed by atoms with Crippen molar-refractivity contribution in [2.75, 3.05) is 11.9 Å². The SMILES string of the molecule is CCNc1nccn1-c1cccc2ccccc12. The Labute approximate surface area is 106 Å². The van der Waals surface area contributed by atoms with Gasteiger partial charge in [0.05, 0.1) is 5.69 Å². The average Bonchev–Trinajstić information content (AvgIpc) is 2.87. The molecule has 0 spiro atoms. The molecule has 0 aliphatic carbocycles. The van der Waals surface area contributed by atoms with Gasteiger partial charge in [-0.25, -0.2) is 4.98 Å². The van der Waals surface area contributed by atoms with Crippen LogP contribution in [0.25, 0.3) is 16.5 Å². The van der Waals surface area contributed by atoms with Crippen LogP contribution in [-0.2, 0) is 0 Å². The molecular formula is C15H15N3. The van der Waals surface area contributed by atoms with Crippen molar-refractivity contribution >= 4 is 16.7 Å². The summed E-state index contributed by atoms with van der Waals surface area (Å²) in [6.45, 7) is 2.93. The van der Waals surface area contributed by atoms with E-state index >= 15 is 0 Å². The molecule has 0 atom stereocenters. The highest BCUT2D eigenvalue weighted by Crippen LogP contribution is 2.24. The second kappa shape index (κ2) is 4.53. The molecule has 3 rings (SSSR count). The number of aromatic nitrogens is 2. The predicted molar refractivity (Wildman–Crippen MR) is 75.2 cm³/mol. The summed E-state index contributed by atoms with van der Waals surface area (Å²) in [5.74, 6) is 0.883. The first-order valence-corrected chi connectivity index (χ1v) is 6.15. The smallest absolute Gasteiger partial charge is 0.207 e. The van der Waals surface area contributed by atoms with E-state index in [0.29, 0.717) is 0 Å². The number of anilines is 1. The zero-order valence-corrected chi connectivity index (χ0v) is 10.3. The Morgan fingerprint density at radius 2 is 1.94 bits per heavy atom. The quantitative estimate of drug-likeness (QED) is 0.756. The third-order valence-corrected chi connectivity index (χ3v) is 3.00. The summed E-state index contributed by atoms with van der Waals surface area (Å²) in [6.07, 6.45) is 3.81. The largest absolute Gasteiger partial charge is 0.356 e. The number of rotatable bonds is 3. The van der Waals surface area contributed by atoms with E-state index in [0.717, 1.165) is 18.2 Å². The second-order valence-corrected chi connectivity index (χ2v) is 4.15. The van der Waals surface area contributed by atoms with Crippen LogP contribution < -0.4 is 5.32 Å². The molecule has 0 fully saturated rings. The summed E-state index contributed by atoms with van der Waals surface area (Å²) in [4.78, 5) is 4.34. The van der Waals surface area contributed by atoms with Gasteiger partial charge in [0.2, 0.25) is 5.95 Å². The number of nitrogens with one attached hydrogen (secondary N) is 1. The maximum Gasteiger partial charge on any atom is 0.207 e. The van der Waals surface area contributed by atoms with E-state index in [4.69, 9.17) is 0 Å². The molecule has 0 aliphatic heterocycles. The Bertz CT molecular complexity index is 665. The van der Waals surface area contributed by atoms with Gasteiger partial charge in [-0.05, 0) is 18.4 Å². The van der Waals surface area contributed by atoms with Gasteiger partial charge in [-0.3, -0.25) is 4.57 Å². The van der Waals surface area contributed by atoms with Crippen LogP contribution in [0.5, 0.6) is 0 Å². The monoisotopic (exact) mass is 237 g/mol. The third-order valence-electron chi connectivity index (χ3n) is 3.00. The molecule has 18 heavy (non-hydrogen) atoms. The van der Waals surface area contributed by atoms with Crippen LogP contribution in [0.4, 0.5) is 5.95 Å². The number of fused-ring (bicyclic) bond motifs is 1. The summed E-state index contributed by atoms with van der Waals surface area (Å²) >= 11 is 0. The first-order chi connectivity index (χ1) is 8.90. The predicted octanol–water partition coefficient (Wildman–Crippen LogP) is 3.46. The lowest BCUT2D eigenvalue weighted by Crippen LogP contribution is -2.05. The van der Waals surface area contributed by atoms with Crippen molar-refractivity contribution in [3.63, 3.8) is 0 Å². The molecular weight excluding hydrogens is 222 g/mol. The number of hydrogen-bond acceptors (Lipinski definition) is 2. The van der Waals surface area contributed by atoms with Crippen LogP contribution in [-0.4, -0.2) is 16.1 Å². The topological polar surface area (TPSA) is 29.9 Å². The maximum atomic E-state index is 4.34. The molecule has 1 N–H and O–H groups in total. The minimum atomic E-state index is 0.863. The minimum absolute atomic E-state index is 0.863.